The van der Waals surface area contributed by atoms with E-state index in [0.29, 0.717) is 18.2 Å². The molecule has 2 fully saturated rings. The van der Waals surface area contributed by atoms with Crippen molar-refractivity contribution in [3.05, 3.63) is 82.6 Å². The van der Waals surface area contributed by atoms with Gasteiger partial charge in [0.05, 0.1) is 12.1 Å². The van der Waals surface area contributed by atoms with E-state index in [2.05, 4.69) is 52.5 Å². The number of carbonyl (C=O) groups excluding carboxylic acids is 2. The molecule has 0 bridgehead atoms. The van der Waals surface area contributed by atoms with Gasteiger partial charge in [0.2, 0.25) is 11.8 Å². The number of fused-ring (bicyclic) bond motifs is 1. The van der Waals surface area contributed by atoms with Gasteiger partial charge >= 0.3 is 0 Å². The number of hydrogen-bond donors (Lipinski definition) is 1. The molecule has 1 saturated carbocycles. The van der Waals surface area contributed by atoms with E-state index < -0.39 is 0 Å². The number of rotatable bonds is 8. The lowest BCUT2D eigenvalue weighted by atomic mass is 9.86. The van der Waals surface area contributed by atoms with E-state index >= 15 is 0 Å². The van der Waals surface area contributed by atoms with E-state index in [0.717, 1.165) is 69.2 Å². The molecule has 3 aromatic rings. The lowest BCUT2D eigenvalue weighted by Crippen LogP contribution is -2.43. The van der Waals surface area contributed by atoms with Crippen LogP contribution >= 0.6 is 0 Å². The van der Waals surface area contributed by atoms with Crippen LogP contribution in [0.15, 0.2) is 53.1 Å². The maximum absolute atomic E-state index is 13.7. The standard InChI is InChI=1S/C32H37N3O5/c1-21-8-10-23(11-9-21)30-27-17-25(13-12-22(27)14-15-35(30)32(37)24-5-2-3-6-24)39-20-29-34-28(19-40-29)31(36)33-18-26-7-4-16-38-26/h8-13,17,19,24,26,30H,2-7,14-16,18,20H2,1H3,(H,33,36)/t26-,30-/m0/s1. The molecule has 1 saturated heterocycles. The number of ether oxygens (including phenoxy) is 2. The molecule has 2 atom stereocenters. The topological polar surface area (TPSA) is 93.9 Å². The highest BCUT2D eigenvalue weighted by Crippen LogP contribution is 2.40. The lowest BCUT2D eigenvalue weighted by Gasteiger charge is -2.39. The van der Waals surface area contributed by atoms with Gasteiger partial charge in [0.25, 0.3) is 5.91 Å². The number of benzene rings is 2. The number of oxazole rings is 1. The third-order valence-electron chi connectivity index (χ3n) is 8.39. The predicted molar refractivity (Wildman–Crippen MR) is 149 cm³/mol. The molecule has 1 N–H and O–H groups in total. The Labute approximate surface area is 235 Å². The van der Waals surface area contributed by atoms with Crippen molar-refractivity contribution < 1.29 is 23.5 Å². The zero-order valence-corrected chi connectivity index (χ0v) is 23.1. The summed E-state index contributed by atoms with van der Waals surface area (Å²) in [6.07, 6.45) is 8.45. The van der Waals surface area contributed by atoms with Gasteiger partial charge in [0.15, 0.2) is 12.3 Å². The molecular formula is C32H37N3O5. The molecule has 40 heavy (non-hydrogen) atoms. The van der Waals surface area contributed by atoms with Gasteiger partial charge in [-0.2, -0.15) is 0 Å². The third-order valence-corrected chi connectivity index (χ3v) is 8.39. The number of nitrogens with zero attached hydrogens (tertiary/aromatic N) is 2. The van der Waals surface area contributed by atoms with Crippen LogP contribution in [0.3, 0.4) is 0 Å². The maximum Gasteiger partial charge on any atom is 0.273 e. The molecule has 2 aliphatic heterocycles. The van der Waals surface area contributed by atoms with E-state index in [1.54, 1.807) is 0 Å². The van der Waals surface area contributed by atoms with Gasteiger partial charge in [0, 0.05) is 25.6 Å². The van der Waals surface area contributed by atoms with Crippen molar-refractivity contribution >= 4 is 11.8 Å². The monoisotopic (exact) mass is 543 g/mol. The van der Waals surface area contributed by atoms with Gasteiger partial charge in [0.1, 0.15) is 12.0 Å². The molecule has 210 valence electrons. The lowest BCUT2D eigenvalue weighted by molar-refractivity contribution is -0.137. The molecule has 0 radical (unpaired) electrons. The smallest absolute Gasteiger partial charge is 0.273 e. The Hall–Kier alpha value is -3.65. The maximum atomic E-state index is 13.7. The second kappa shape index (κ2) is 11.8. The van der Waals surface area contributed by atoms with E-state index in [1.807, 2.05) is 12.1 Å². The third kappa shape index (κ3) is 5.77. The van der Waals surface area contributed by atoms with Crippen molar-refractivity contribution in [1.29, 1.82) is 0 Å². The zero-order chi connectivity index (χ0) is 27.5. The van der Waals surface area contributed by atoms with Crippen LogP contribution in [0, 0.1) is 12.8 Å². The minimum absolute atomic E-state index is 0.0655. The van der Waals surface area contributed by atoms with Crippen molar-refractivity contribution in [1.82, 2.24) is 15.2 Å². The first kappa shape index (κ1) is 26.6. The van der Waals surface area contributed by atoms with Crippen LogP contribution in [-0.4, -0.2) is 47.5 Å². The van der Waals surface area contributed by atoms with Gasteiger partial charge < -0.3 is 24.1 Å². The molecule has 3 heterocycles. The Kier molecular flexibility index (Phi) is 7.86. The number of aryl methyl sites for hydroxylation is 1. The van der Waals surface area contributed by atoms with Crippen LogP contribution in [0.2, 0.25) is 0 Å². The molecule has 0 unspecified atom stereocenters. The molecule has 8 nitrogen and oxygen atoms in total. The first-order valence-corrected chi connectivity index (χ1v) is 14.5. The van der Waals surface area contributed by atoms with Crippen LogP contribution < -0.4 is 10.1 Å². The van der Waals surface area contributed by atoms with E-state index in [-0.39, 0.29) is 42.2 Å². The normalized spacial score (nSPS) is 20.9. The van der Waals surface area contributed by atoms with Crippen molar-refractivity contribution in [3.8, 4) is 5.75 Å². The Balaban J connectivity index is 1.17. The Morgan fingerprint density at radius 3 is 2.67 bits per heavy atom. The van der Waals surface area contributed by atoms with Gasteiger partial charge in [-0.05, 0) is 67.9 Å². The quantitative estimate of drug-likeness (QED) is 0.423. The average molecular weight is 544 g/mol. The molecule has 1 aliphatic carbocycles. The van der Waals surface area contributed by atoms with Gasteiger partial charge in [-0.3, -0.25) is 9.59 Å². The fraction of sp³-hybridized carbons (Fsp3) is 0.469. The average Bonchev–Trinajstić information content (AvgIpc) is 3.78. The van der Waals surface area contributed by atoms with Crippen LogP contribution in [0.1, 0.15) is 83.2 Å². The van der Waals surface area contributed by atoms with Crippen LogP contribution in [-0.2, 0) is 22.6 Å². The van der Waals surface area contributed by atoms with Gasteiger partial charge in [-0.1, -0.05) is 48.7 Å². The molecule has 2 amide bonds. The minimum Gasteiger partial charge on any atom is -0.484 e. The number of carbonyl (C=O) groups is 2. The zero-order valence-electron chi connectivity index (χ0n) is 23.1. The first-order valence-electron chi connectivity index (χ1n) is 14.5. The minimum atomic E-state index is -0.285. The summed E-state index contributed by atoms with van der Waals surface area (Å²) in [4.78, 5) is 32.5. The van der Waals surface area contributed by atoms with Crippen molar-refractivity contribution in [2.75, 3.05) is 19.7 Å². The highest BCUT2D eigenvalue weighted by Gasteiger charge is 2.36. The summed E-state index contributed by atoms with van der Waals surface area (Å²) >= 11 is 0. The summed E-state index contributed by atoms with van der Waals surface area (Å²) in [5.74, 6) is 1.11. The van der Waals surface area contributed by atoms with Crippen LogP contribution in [0.4, 0.5) is 0 Å². The second-order valence-corrected chi connectivity index (χ2v) is 11.2. The summed E-state index contributed by atoms with van der Waals surface area (Å²) in [6.45, 7) is 4.10. The van der Waals surface area contributed by atoms with Crippen molar-refractivity contribution in [3.63, 3.8) is 0 Å². The molecule has 1 aromatic heterocycles. The van der Waals surface area contributed by atoms with Crippen LogP contribution in [0.25, 0.3) is 0 Å². The fourth-order valence-corrected chi connectivity index (χ4v) is 6.16. The second-order valence-electron chi connectivity index (χ2n) is 11.2. The number of aromatic nitrogens is 1. The Bertz CT molecular complexity index is 1340. The summed E-state index contributed by atoms with van der Waals surface area (Å²) < 4.78 is 17.2. The first-order chi connectivity index (χ1) is 19.5. The predicted octanol–water partition coefficient (Wildman–Crippen LogP) is 5.14. The van der Waals surface area contributed by atoms with Gasteiger partial charge in [-0.15, -0.1) is 0 Å². The molecule has 0 spiro atoms. The van der Waals surface area contributed by atoms with Crippen molar-refractivity contribution in [2.45, 2.75) is 70.6 Å². The van der Waals surface area contributed by atoms with E-state index in [4.69, 9.17) is 13.9 Å². The number of nitrogens with one attached hydrogen (secondary N) is 1. The number of amides is 2. The van der Waals surface area contributed by atoms with Gasteiger partial charge in [-0.25, -0.2) is 4.98 Å². The SMILES string of the molecule is Cc1ccc([C@H]2c3cc(OCc4nc(C(=O)NC[C@@H]5CCCO5)co4)ccc3CCN2C(=O)C2CCCC2)cc1. The highest BCUT2D eigenvalue weighted by molar-refractivity contribution is 5.91. The Morgan fingerprint density at radius 2 is 1.90 bits per heavy atom. The molecule has 6 rings (SSSR count). The summed E-state index contributed by atoms with van der Waals surface area (Å²) in [7, 11) is 0. The molecule has 8 heteroatoms. The summed E-state index contributed by atoms with van der Waals surface area (Å²) in [5.41, 5.74) is 4.86. The molecule has 3 aliphatic rings. The van der Waals surface area contributed by atoms with E-state index in [1.165, 1.54) is 17.4 Å². The number of hydrogen-bond acceptors (Lipinski definition) is 6. The summed E-state index contributed by atoms with van der Waals surface area (Å²) in [5, 5.41) is 2.86. The molecule has 2 aromatic carbocycles. The largest absolute Gasteiger partial charge is 0.484 e. The summed E-state index contributed by atoms with van der Waals surface area (Å²) in [6, 6.07) is 14.4. The van der Waals surface area contributed by atoms with Crippen LogP contribution in [0.5, 0.6) is 5.75 Å². The van der Waals surface area contributed by atoms with E-state index in [9.17, 15) is 9.59 Å². The Morgan fingerprint density at radius 1 is 1.07 bits per heavy atom. The molecular weight excluding hydrogens is 506 g/mol. The van der Waals surface area contributed by atoms with Crippen molar-refractivity contribution in [2.24, 2.45) is 5.92 Å². The highest BCUT2D eigenvalue weighted by atomic mass is 16.5. The fourth-order valence-electron chi connectivity index (χ4n) is 6.16.